The highest BCUT2D eigenvalue weighted by Gasteiger charge is 2.33. The highest BCUT2D eigenvalue weighted by Crippen LogP contribution is 2.33. The molecule has 3 aromatic rings. The Morgan fingerprint density at radius 3 is 2.63 bits per heavy atom. The number of aromatic nitrogens is 3. The molecule has 0 radical (unpaired) electrons. The number of pyridine rings is 1. The molecule has 6 nitrogen and oxygen atoms in total. The van der Waals surface area contributed by atoms with Gasteiger partial charge in [-0.1, -0.05) is 12.1 Å². The van der Waals surface area contributed by atoms with Gasteiger partial charge in [0.25, 0.3) is 5.76 Å². The van der Waals surface area contributed by atoms with Crippen LogP contribution in [-0.2, 0) is 17.5 Å². The summed E-state index contributed by atoms with van der Waals surface area (Å²) in [7, 11) is 0. The zero-order chi connectivity index (χ0) is 21.7. The molecule has 0 unspecified atom stereocenters. The topological polar surface area (TPSA) is 71.8 Å². The van der Waals surface area contributed by atoms with Crippen LogP contribution in [0.4, 0.5) is 27.8 Å². The molecular formula is C18H16F5N5OS. The van der Waals surface area contributed by atoms with Crippen LogP contribution in [-0.4, -0.2) is 39.3 Å². The monoisotopic (exact) mass is 445 g/mol. The molecule has 0 saturated carbocycles. The van der Waals surface area contributed by atoms with Gasteiger partial charge in [-0.15, -0.1) is 0 Å². The Hall–Kier alpha value is -2.89. The molecule has 2 N–H and O–H groups in total. The lowest BCUT2D eigenvalue weighted by molar-refractivity contribution is -0.137. The van der Waals surface area contributed by atoms with Crippen LogP contribution in [0.5, 0.6) is 0 Å². The highest BCUT2D eigenvalue weighted by atomic mass is 32.2. The van der Waals surface area contributed by atoms with Crippen molar-refractivity contribution in [2.24, 2.45) is 0 Å². The smallest absolute Gasteiger partial charge is 0.368 e. The van der Waals surface area contributed by atoms with Gasteiger partial charge in [-0.3, -0.25) is 4.79 Å². The predicted octanol–water partition coefficient (Wildman–Crippen LogP) is 3.99. The first-order chi connectivity index (χ1) is 14.3. The Morgan fingerprint density at radius 2 is 1.90 bits per heavy atom. The van der Waals surface area contributed by atoms with Crippen LogP contribution in [0.1, 0.15) is 5.56 Å². The van der Waals surface area contributed by atoms with E-state index in [2.05, 4.69) is 20.6 Å². The Balaban J connectivity index is 1.60. The lowest BCUT2D eigenvalue weighted by atomic mass is 10.2. The number of amides is 1. The Kier molecular flexibility index (Phi) is 6.75. The predicted molar refractivity (Wildman–Crippen MR) is 102 cm³/mol. The first-order valence-electron chi connectivity index (χ1n) is 8.68. The van der Waals surface area contributed by atoms with Crippen molar-refractivity contribution in [3.63, 3.8) is 0 Å². The van der Waals surface area contributed by atoms with E-state index in [1.165, 1.54) is 16.8 Å². The van der Waals surface area contributed by atoms with E-state index >= 15 is 0 Å². The summed E-state index contributed by atoms with van der Waals surface area (Å²) >= 11 is 0.234. The van der Waals surface area contributed by atoms with Gasteiger partial charge in [0.05, 0.1) is 16.6 Å². The number of nitrogens with one attached hydrogen (secondary N) is 2. The van der Waals surface area contributed by atoms with Gasteiger partial charge in [0.2, 0.25) is 5.91 Å². The van der Waals surface area contributed by atoms with Gasteiger partial charge in [-0.2, -0.15) is 22.0 Å². The van der Waals surface area contributed by atoms with E-state index < -0.39 is 23.4 Å². The number of anilines is 1. The van der Waals surface area contributed by atoms with Gasteiger partial charge in [-0.05, 0) is 36.0 Å². The largest absolute Gasteiger partial charge is 0.419 e. The molecule has 12 heteroatoms. The first-order valence-corrected chi connectivity index (χ1v) is 9.56. The number of nitrogens with zero attached hydrogens (tertiary/aromatic N) is 3. The van der Waals surface area contributed by atoms with Crippen LogP contribution < -0.4 is 10.6 Å². The minimum atomic E-state index is -4.55. The van der Waals surface area contributed by atoms with Gasteiger partial charge in [0, 0.05) is 19.3 Å². The van der Waals surface area contributed by atoms with E-state index in [1.807, 2.05) is 0 Å². The average molecular weight is 445 g/mol. The number of thioether (sulfide) groups is 1. The Bertz CT molecular complexity index is 1020. The van der Waals surface area contributed by atoms with Crippen molar-refractivity contribution in [1.29, 1.82) is 0 Å². The number of hydrogen-bond donors (Lipinski definition) is 2. The van der Waals surface area contributed by atoms with E-state index in [9.17, 15) is 26.7 Å². The summed E-state index contributed by atoms with van der Waals surface area (Å²) in [5.41, 5.74) is 0.0945. The second-order valence-electron chi connectivity index (χ2n) is 6.02. The van der Waals surface area contributed by atoms with Crippen LogP contribution in [0.2, 0.25) is 0 Å². The molecule has 2 aromatic heterocycles. The number of imidazole rings is 1. The molecule has 0 atom stereocenters. The lowest BCUT2D eigenvalue weighted by Gasteiger charge is -2.13. The quantitative estimate of drug-likeness (QED) is 0.312. The lowest BCUT2D eigenvalue weighted by Crippen LogP contribution is -2.32. The van der Waals surface area contributed by atoms with Crippen molar-refractivity contribution >= 4 is 34.5 Å². The molecule has 0 saturated heterocycles. The van der Waals surface area contributed by atoms with Crippen LogP contribution in [0.15, 0.2) is 47.8 Å². The average Bonchev–Trinajstić information content (AvgIpc) is 3.01. The molecule has 0 aliphatic rings. The van der Waals surface area contributed by atoms with Crippen molar-refractivity contribution in [1.82, 2.24) is 19.9 Å². The van der Waals surface area contributed by atoms with E-state index in [0.717, 1.165) is 6.07 Å². The number of benzene rings is 1. The van der Waals surface area contributed by atoms with Crippen molar-refractivity contribution in [3.05, 3.63) is 48.2 Å². The maximum Gasteiger partial charge on any atom is 0.419 e. The molecule has 1 aromatic carbocycles. The summed E-state index contributed by atoms with van der Waals surface area (Å²) in [4.78, 5) is 20.0. The van der Waals surface area contributed by atoms with Crippen LogP contribution in [0.25, 0.3) is 11.0 Å². The fraction of sp³-hybridized carbons (Fsp3) is 0.278. The summed E-state index contributed by atoms with van der Waals surface area (Å²) in [5, 5.41) is 5.07. The summed E-state index contributed by atoms with van der Waals surface area (Å²) in [6.07, 6.45) is -3.33. The van der Waals surface area contributed by atoms with E-state index in [0.29, 0.717) is 11.0 Å². The molecule has 160 valence electrons. The van der Waals surface area contributed by atoms with Crippen LogP contribution >= 0.6 is 11.8 Å². The third-order valence-corrected chi connectivity index (χ3v) is 4.67. The zero-order valence-electron chi connectivity index (χ0n) is 15.3. The molecule has 0 fully saturated rings. The number of fused-ring (bicyclic) bond motifs is 1. The molecule has 2 heterocycles. The molecule has 0 aliphatic heterocycles. The molecule has 1 amide bonds. The van der Waals surface area contributed by atoms with Gasteiger partial charge in [0.1, 0.15) is 12.4 Å². The molecular weight excluding hydrogens is 429 g/mol. The highest BCUT2D eigenvalue weighted by molar-refractivity contribution is 7.99. The fourth-order valence-electron chi connectivity index (χ4n) is 2.73. The number of carbonyl (C=O) groups excluding carboxylic acids is 1. The normalized spacial score (nSPS) is 11.8. The number of hydrogen-bond acceptors (Lipinski definition) is 5. The fourth-order valence-corrected chi connectivity index (χ4v) is 3.33. The maximum absolute atomic E-state index is 12.9. The van der Waals surface area contributed by atoms with Gasteiger partial charge in [0.15, 0.2) is 5.16 Å². The van der Waals surface area contributed by atoms with Crippen molar-refractivity contribution in [2.45, 2.75) is 23.6 Å². The van der Waals surface area contributed by atoms with Crippen LogP contribution in [0.3, 0.4) is 0 Å². The maximum atomic E-state index is 12.9. The minimum Gasteiger partial charge on any atom is -0.368 e. The van der Waals surface area contributed by atoms with Crippen molar-refractivity contribution in [2.75, 3.05) is 18.4 Å². The number of carbonyl (C=O) groups is 1. The second kappa shape index (κ2) is 9.28. The van der Waals surface area contributed by atoms with E-state index in [4.69, 9.17) is 0 Å². The second-order valence-corrected chi connectivity index (χ2v) is 6.98. The molecule has 0 spiro atoms. The first kappa shape index (κ1) is 21.8. The van der Waals surface area contributed by atoms with Crippen molar-refractivity contribution in [3.8, 4) is 0 Å². The number of rotatable bonds is 8. The van der Waals surface area contributed by atoms with Crippen LogP contribution in [0, 0.1) is 0 Å². The summed E-state index contributed by atoms with van der Waals surface area (Å²) in [6, 6.07) is 8.79. The number of halogens is 5. The standard InChI is InChI=1S/C18H16F5N5OS/c19-16(20)30-17-27-12-5-1-2-6-13(12)28(17)10-14(29)24-8-9-26-15-11(18(21,22)23)4-3-7-25-15/h1-7,16H,8-10H2,(H,24,29)(H,25,26). The minimum absolute atomic E-state index is 0.00257. The molecule has 0 aliphatic carbocycles. The number of alkyl halides is 5. The Morgan fingerprint density at radius 1 is 1.13 bits per heavy atom. The molecule has 0 bridgehead atoms. The number of para-hydroxylation sites is 2. The molecule has 30 heavy (non-hydrogen) atoms. The third-order valence-electron chi connectivity index (χ3n) is 3.97. The van der Waals surface area contributed by atoms with Gasteiger partial charge >= 0.3 is 6.18 Å². The summed E-state index contributed by atoms with van der Waals surface area (Å²) < 4.78 is 65.8. The van der Waals surface area contributed by atoms with Crippen molar-refractivity contribution < 1.29 is 26.7 Å². The van der Waals surface area contributed by atoms with E-state index in [1.54, 1.807) is 24.3 Å². The van der Waals surface area contributed by atoms with E-state index in [-0.39, 0.29) is 42.4 Å². The van der Waals surface area contributed by atoms with Gasteiger partial charge < -0.3 is 15.2 Å². The SMILES string of the molecule is O=C(Cn1c(SC(F)F)nc2ccccc21)NCCNc1ncccc1C(F)(F)F. The summed E-state index contributed by atoms with van der Waals surface area (Å²) in [5.74, 6) is -3.53. The third kappa shape index (κ3) is 5.38. The zero-order valence-corrected chi connectivity index (χ0v) is 16.1. The summed E-state index contributed by atoms with van der Waals surface area (Å²) in [6.45, 7) is -0.251. The Labute approximate surface area is 171 Å². The van der Waals surface area contributed by atoms with Gasteiger partial charge in [-0.25, -0.2) is 9.97 Å². The molecule has 3 rings (SSSR count).